The summed E-state index contributed by atoms with van der Waals surface area (Å²) in [4.78, 5) is 19.7. The molecule has 8 heteroatoms. The smallest absolute Gasteiger partial charge is 0.365 e. The molecule has 0 saturated carbocycles. The standard InChI is InChI=1S/C17H18N4O4/c1-12-18-16(17(19-12)21(22)23)20(11-15-4-3-9-25-15)10-13-5-7-14(24-2)8-6-13/h3-9H,10-11H2,1-2H3,(H,18,19). The SMILES string of the molecule is COc1ccc(CN(Cc2ccco2)c2nc(C)[nH]c2[N+](=O)[O-])cc1. The Hall–Kier alpha value is -3.29. The molecule has 0 amide bonds. The fourth-order valence-corrected chi connectivity index (χ4v) is 2.56. The minimum Gasteiger partial charge on any atom is -0.497 e. The predicted octanol–water partition coefficient (Wildman–Crippen LogP) is 3.43. The van der Waals surface area contributed by atoms with Crippen LogP contribution in [0.25, 0.3) is 0 Å². The van der Waals surface area contributed by atoms with E-state index in [2.05, 4.69) is 9.97 Å². The predicted molar refractivity (Wildman–Crippen MR) is 91.6 cm³/mol. The third-order valence-electron chi connectivity index (χ3n) is 3.73. The van der Waals surface area contributed by atoms with E-state index in [-0.39, 0.29) is 11.6 Å². The van der Waals surface area contributed by atoms with Gasteiger partial charge in [-0.3, -0.25) is 0 Å². The molecule has 2 aromatic heterocycles. The van der Waals surface area contributed by atoms with E-state index in [1.165, 1.54) is 0 Å². The van der Waals surface area contributed by atoms with Gasteiger partial charge >= 0.3 is 5.82 Å². The summed E-state index contributed by atoms with van der Waals surface area (Å²) in [6, 6.07) is 11.1. The van der Waals surface area contributed by atoms with Gasteiger partial charge in [0.15, 0.2) is 5.82 Å². The molecule has 0 spiro atoms. The molecule has 8 nitrogen and oxygen atoms in total. The number of furan rings is 1. The van der Waals surface area contributed by atoms with E-state index >= 15 is 0 Å². The number of hydrogen-bond acceptors (Lipinski definition) is 6. The van der Waals surface area contributed by atoms with E-state index in [0.29, 0.717) is 24.7 Å². The van der Waals surface area contributed by atoms with Crippen molar-refractivity contribution in [3.05, 3.63) is 69.9 Å². The number of imidazole rings is 1. The molecule has 0 bridgehead atoms. The van der Waals surface area contributed by atoms with Gasteiger partial charge in [-0.15, -0.1) is 0 Å². The van der Waals surface area contributed by atoms with Crippen molar-refractivity contribution in [1.29, 1.82) is 0 Å². The Morgan fingerprint density at radius 2 is 2.04 bits per heavy atom. The number of rotatable bonds is 7. The van der Waals surface area contributed by atoms with E-state index in [4.69, 9.17) is 9.15 Å². The summed E-state index contributed by atoms with van der Waals surface area (Å²) in [5.41, 5.74) is 0.974. The van der Waals surface area contributed by atoms with Gasteiger partial charge in [-0.2, -0.15) is 4.98 Å². The highest BCUT2D eigenvalue weighted by Gasteiger charge is 2.25. The van der Waals surface area contributed by atoms with Gasteiger partial charge in [0.05, 0.1) is 19.9 Å². The number of methoxy groups -OCH3 is 1. The van der Waals surface area contributed by atoms with Crippen molar-refractivity contribution < 1.29 is 14.1 Å². The number of nitro groups is 1. The van der Waals surface area contributed by atoms with Crippen molar-refractivity contribution >= 4 is 11.6 Å². The number of aryl methyl sites for hydroxylation is 1. The topological polar surface area (TPSA) is 97.4 Å². The number of H-pyrrole nitrogens is 1. The summed E-state index contributed by atoms with van der Waals surface area (Å²) in [5, 5.41) is 11.3. The molecule has 1 aromatic carbocycles. The van der Waals surface area contributed by atoms with Crippen LogP contribution in [-0.2, 0) is 13.1 Å². The number of aromatic nitrogens is 2. The first-order valence-electron chi connectivity index (χ1n) is 7.68. The van der Waals surface area contributed by atoms with E-state index in [1.54, 1.807) is 26.4 Å². The van der Waals surface area contributed by atoms with Crippen LogP contribution in [0.15, 0.2) is 47.1 Å². The van der Waals surface area contributed by atoms with Crippen LogP contribution in [-0.4, -0.2) is 22.0 Å². The van der Waals surface area contributed by atoms with Gasteiger partial charge in [-0.05, 0) is 34.8 Å². The van der Waals surface area contributed by atoms with Crippen LogP contribution in [0.5, 0.6) is 5.75 Å². The molecule has 0 saturated heterocycles. The van der Waals surface area contributed by atoms with E-state index < -0.39 is 4.92 Å². The Morgan fingerprint density at radius 1 is 1.28 bits per heavy atom. The third kappa shape index (κ3) is 3.79. The maximum Gasteiger partial charge on any atom is 0.365 e. The number of nitrogens with zero attached hydrogens (tertiary/aromatic N) is 3. The molecule has 25 heavy (non-hydrogen) atoms. The first-order chi connectivity index (χ1) is 12.1. The molecule has 0 atom stereocenters. The lowest BCUT2D eigenvalue weighted by atomic mass is 10.2. The minimum absolute atomic E-state index is 0.127. The summed E-state index contributed by atoms with van der Waals surface area (Å²) in [6.07, 6.45) is 1.57. The number of nitrogens with one attached hydrogen (secondary N) is 1. The second-order valence-corrected chi connectivity index (χ2v) is 5.54. The number of benzene rings is 1. The molecular weight excluding hydrogens is 324 g/mol. The van der Waals surface area contributed by atoms with Crippen LogP contribution in [0.3, 0.4) is 0 Å². The number of aromatic amines is 1. The largest absolute Gasteiger partial charge is 0.497 e. The van der Waals surface area contributed by atoms with E-state index in [0.717, 1.165) is 11.3 Å². The highest BCUT2D eigenvalue weighted by Crippen LogP contribution is 2.28. The van der Waals surface area contributed by atoms with Crippen molar-refractivity contribution in [2.45, 2.75) is 20.0 Å². The molecule has 3 aromatic rings. The summed E-state index contributed by atoms with van der Waals surface area (Å²) < 4.78 is 10.6. The summed E-state index contributed by atoms with van der Waals surface area (Å²) in [6.45, 7) is 2.49. The maximum atomic E-state index is 11.3. The molecule has 0 aliphatic heterocycles. The average molecular weight is 342 g/mol. The summed E-state index contributed by atoms with van der Waals surface area (Å²) in [7, 11) is 1.61. The first kappa shape index (κ1) is 16.6. The molecule has 130 valence electrons. The molecular formula is C17H18N4O4. The van der Waals surface area contributed by atoms with Crippen LogP contribution in [0.2, 0.25) is 0 Å². The Balaban J connectivity index is 1.93. The lowest BCUT2D eigenvalue weighted by molar-refractivity contribution is -0.388. The van der Waals surface area contributed by atoms with Gasteiger partial charge in [0.1, 0.15) is 11.5 Å². The minimum atomic E-state index is -0.460. The van der Waals surface area contributed by atoms with E-state index in [1.807, 2.05) is 35.2 Å². The van der Waals surface area contributed by atoms with Gasteiger partial charge in [-0.25, -0.2) is 4.98 Å². The fourth-order valence-electron chi connectivity index (χ4n) is 2.56. The first-order valence-corrected chi connectivity index (χ1v) is 7.68. The highest BCUT2D eigenvalue weighted by atomic mass is 16.6. The van der Waals surface area contributed by atoms with Crippen LogP contribution >= 0.6 is 0 Å². The van der Waals surface area contributed by atoms with Gasteiger partial charge < -0.3 is 24.2 Å². The second kappa shape index (κ2) is 7.08. The van der Waals surface area contributed by atoms with Crippen LogP contribution < -0.4 is 9.64 Å². The Kier molecular flexibility index (Phi) is 4.69. The van der Waals surface area contributed by atoms with Crippen molar-refractivity contribution in [2.24, 2.45) is 0 Å². The van der Waals surface area contributed by atoms with Gasteiger partial charge in [0.25, 0.3) is 0 Å². The van der Waals surface area contributed by atoms with Crippen molar-refractivity contribution in [2.75, 3.05) is 12.0 Å². The van der Waals surface area contributed by atoms with Crippen LogP contribution in [0.4, 0.5) is 11.6 Å². The Bertz CT molecular complexity index is 840. The molecule has 2 heterocycles. The number of ether oxygens (including phenoxy) is 1. The maximum absolute atomic E-state index is 11.3. The van der Waals surface area contributed by atoms with Gasteiger partial charge in [0, 0.05) is 13.5 Å². The van der Waals surface area contributed by atoms with Gasteiger partial charge in [0.2, 0.25) is 5.82 Å². The zero-order valence-corrected chi connectivity index (χ0v) is 13.9. The number of anilines is 1. The van der Waals surface area contributed by atoms with Crippen LogP contribution in [0, 0.1) is 17.0 Å². The van der Waals surface area contributed by atoms with Gasteiger partial charge in [-0.1, -0.05) is 12.1 Å². The van der Waals surface area contributed by atoms with E-state index in [9.17, 15) is 10.1 Å². The quantitative estimate of drug-likeness (QED) is 0.522. The Labute approximate surface area is 144 Å². The normalized spacial score (nSPS) is 10.6. The van der Waals surface area contributed by atoms with Crippen molar-refractivity contribution in [1.82, 2.24) is 9.97 Å². The molecule has 0 radical (unpaired) electrons. The molecule has 1 N–H and O–H groups in total. The third-order valence-corrected chi connectivity index (χ3v) is 3.73. The molecule has 0 aliphatic rings. The number of hydrogen-bond donors (Lipinski definition) is 1. The molecule has 0 aliphatic carbocycles. The summed E-state index contributed by atoms with van der Waals surface area (Å²) >= 11 is 0. The molecule has 0 fully saturated rings. The molecule has 0 unspecified atom stereocenters. The Morgan fingerprint density at radius 3 is 2.64 bits per heavy atom. The van der Waals surface area contributed by atoms with Crippen molar-refractivity contribution in [3.8, 4) is 5.75 Å². The fraction of sp³-hybridized carbons (Fsp3) is 0.235. The van der Waals surface area contributed by atoms with Crippen LogP contribution in [0.1, 0.15) is 17.1 Å². The lowest BCUT2D eigenvalue weighted by Crippen LogP contribution is -2.23. The average Bonchev–Trinajstić information content (AvgIpc) is 3.24. The summed E-state index contributed by atoms with van der Waals surface area (Å²) in [5.74, 6) is 2.10. The van der Waals surface area contributed by atoms with Crippen molar-refractivity contribution in [3.63, 3.8) is 0 Å². The second-order valence-electron chi connectivity index (χ2n) is 5.54. The zero-order chi connectivity index (χ0) is 17.8. The lowest BCUT2D eigenvalue weighted by Gasteiger charge is -2.21. The molecule has 3 rings (SSSR count). The zero-order valence-electron chi connectivity index (χ0n) is 13.9. The monoisotopic (exact) mass is 342 g/mol. The highest BCUT2D eigenvalue weighted by molar-refractivity contribution is 5.55.